The lowest BCUT2D eigenvalue weighted by molar-refractivity contribution is 0.740. The summed E-state index contributed by atoms with van der Waals surface area (Å²) in [5, 5.41) is 0.205. The molecular weight excluding hydrogens is 264 g/mol. The largest absolute Gasteiger partial charge is 0.123 e. The van der Waals surface area contributed by atoms with Gasteiger partial charge in [-0.3, -0.25) is 0 Å². The monoisotopic (exact) mass is 286 g/mol. The molecule has 1 atom stereocenters. The summed E-state index contributed by atoms with van der Waals surface area (Å²) in [5.41, 5.74) is 6.82. The van der Waals surface area contributed by atoms with Gasteiger partial charge in [0.15, 0.2) is 0 Å². The van der Waals surface area contributed by atoms with E-state index in [4.69, 9.17) is 11.6 Å². The zero-order valence-corrected chi connectivity index (χ0v) is 13.4. The SMILES string of the molecule is Cc1ccc(CC(Cl)CCc2ccccc2C)cc1C. The molecule has 2 aromatic rings. The fourth-order valence-corrected chi connectivity index (χ4v) is 2.78. The zero-order valence-electron chi connectivity index (χ0n) is 12.6. The number of benzene rings is 2. The molecule has 0 aliphatic rings. The van der Waals surface area contributed by atoms with Crippen molar-refractivity contribution in [1.29, 1.82) is 0 Å². The van der Waals surface area contributed by atoms with Crippen molar-refractivity contribution in [3.05, 3.63) is 70.3 Å². The van der Waals surface area contributed by atoms with Crippen molar-refractivity contribution in [3.63, 3.8) is 0 Å². The average Bonchev–Trinajstić information content (AvgIpc) is 2.42. The van der Waals surface area contributed by atoms with Crippen LogP contribution in [0.15, 0.2) is 42.5 Å². The minimum absolute atomic E-state index is 0.205. The maximum absolute atomic E-state index is 6.51. The van der Waals surface area contributed by atoms with Gasteiger partial charge >= 0.3 is 0 Å². The Hall–Kier alpha value is -1.27. The molecule has 0 amide bonds. The predicted octanol–water partition coefficient (Wildman–Crippen LogP) is 5.39. The van der Waals surface area contributed by atoms with Gasteiger partial charge in [0.1, 0.15) is 0 Å². The molecule has 0 aliphatic carbocycles. The topological polar surface area (TPSA) is 0 Å². The molecule has 0 N–H and O–H groups in total. The molecule has 106 valence electrons. The van der Waals surface area contributed by atoms with Crippen LogP contribution in [0.1, 0.15) is 34.2 Å². The van der Waals surface area contributed by atoms with Crippen LogP contribution in [-0.4, -0.2) is 5.38 Å². The Bertz CT molecular complexity index is 572. The van der Waals surface area contributed by atoms with Crippen molar-refractivity contribution in [3.8, 4) is 0 Å². The summed E-state index contributed by atoms with van der Waals surface area (Å²) in [6, 6.07) is 15.2. The van der Waals surface area contributed by atoms with Gasteiger partial charge < -0.3 is 0 Å². The summed E-state index contributed by atoms with van der Waals surface area (Å²) in [7, 11) is 0. The van der Waals surface area contributed by atoms with E-state index in [0.29, 0.717) is 0 Å². The highest BCUT2D eigenvalue weighted by molar-refractivity contribution is 6.20. The van der Waals surface area contributed by atoms with Gasteiger partial charge in [0, 0.05) is 5.38 Å². The third-order valence-electron chi connectivity index (χ3n) is 4.02. The lowest BCUT2D eigenvalue weighted by Crippen LogP contribution is -2.06. The summed E-state index contributed by atoms with van der Waals surface area (Å²) in [6.45, 7) is 6.48. The van der Waals surface area contributed by atoms with E-state index in [1.165, 1.54) is 27.8 Å². The Morgan fingerprint density at radius 2 is 1.65 bits per heavy atom. The van der Waals surface area contributed by atoms with Crippen LogP contribution in [-0.2, 0) is 12.8 Å². The first kappa shape index (κ1) is 15.1. The predicted molar refractivity (Wildman–Crippen MR) is 88.8 cm³/mol. The van der Waals surface area contributed by atoms with E-state index in [2.05, 4.69) is 63.2 Å². The molecule has 0 fully saturated rings. The molecule has 0 saturated heterocycles. The standard InChI is InChI=1S/C19H23Cl/c1-14-8-9-17(12-16(14)3)13-19(20)11-10-18-7-5-4-6-15(18)2/h4-9,12,19H,10-11,13H2,1-3H3. The van der Waals surface area contributed by atoms with E-state index in [1.807, 2.05) is 0 Å². The molecule has 0 radical (unpaired) electrons. The summed E-state index contributed by atoms with van der Waals surface area (Å²) < 4.78 is 0. The second-order valence-corrected chi connectivity index (χ2v) is 6.30. The van der Waals surface area contributed by atoms with Crippen LogP contribution >= 0.6 is 11.6 Å². The number of rotatable bonds is 5. The van der Waals surface area contributed by atoms with Gasteiger partial charge in [0.25, 0.3) is 0 Å². The number of alkyl halides is 1. The first-order valence-electron chi connectivity index (χ1n) is 7.31. The summed E-state index contributed by atoms with van der Waals surface area (Å²) in [4.78, 5) is 0. The Morgan fingerprint density at radius 1 is 0.900 bits per heavy atom. The molecule has 1 heteroatoms. The molecule has 0 heterocycles. The van der Waals surface area contributed by atoms with E-state index in [0.717, 1.165) is 19.3 Å². The van der Waals surface area contributed by atoms with Gasteiger partial charge in [0.05, 0.1) is 0 Å². The van der Waals surface area contributed by atoms with E-state index >= 15 is 0 Å². The quantitative estimate of drug-likeness (QED) is 0.646. The van der Waals surface area contributed by atoms with E-state index in [9.17, 15) is 0 Å². The van der Waals surface area contributed by atoms with E-state index in [1.54, 1.807) is 0 Å². The van der Waals surface area contributed by atoms with Crippen LogP contribution < -0.4 is 0 Å². The molecule has 2 aromatic carbocycles. The van der Waals surface area contributed by atoms with Crippen molar-refractivity contribution >= 4 is 11.6 Å². The minimum atomic E-state index is 0.205. The van der Waals surface area contributed by atoms with Crippen molar-refractivity contribution in [2.45, 2.75) is 45.4 Å². The normalized spacial score (nSPS) is 12.4. The molecule has 0 aromatic heterocycles. The average molecular weight is 287 g/mol. The van der Waals surface area contributed by atoms with Gasteiger partial charge in [-0.05, 0) is 67.9 Å². The van der Waals surface area contributed by atoms with Crippen LogP contribution in [0.4, 0.5) is 0 Å². The molecule has 0 saturated carbocycles. The van der Waals surface area contributed by atoms with Crippen LogP contribution in [0, 0.1) is 20.8 Å². The number of halogens is 1. The van der Waals surface area contributed by atoms with E-state index < -0.39 is 0 Å². The van der Waals surface area contributed by atoms with Crippen LogP contribution in [0.5, 0.6) is 0 Å². The Labute approximate surface area is 127 Å². The number of aryl methyl sites for hydroxylation is 4. The lowest BCUT2D eigenvalue weighted by atomic mass is 9.98. The highest BCUT2D eigenvalue weighted by atomic mass is 35.5. The summed E-state index contributed by atoms with van der Waals surface area (Å²) >= 11 is 6.51. The molecule has 0 nitrogen and oxygen atoms in total. The van der Waals surface area contributed by atoms with Crippen molar-refractivity contribution in [2.24, 2.45) is 0 Å². The third kappa shape index (κ3) is 4.11. The highest BCUT2D eigenvalue weighted by Crippen LogP contribution is 2.18. The van der Waals surface area contributed by atoms with Gasteiger partial charge in [-0.15, -0.1) is 11.6 Å². The smallest absolute Gasteiger partial charge is 0.0379 e. The number of hydrogen-bond donors (Lipinski definition) is 0. The molecule has 2 rings (SSSR count). The van der Waals surface area contributed by atoms with Gasteiger partial charge in [-0.2, -0.15) is 0 Å². The minimum Gasteiger partial charge on any atom is -0.123 e. The van der Waals surface area contributed by atoms with Crippen molar-refractivity contribution in [2.75, 3.05) is 0 Å². The lowest BCUT2D eigenvalue weighted by Gasteiger charge is -2.12. The van der Waals surface area contributed by atoms with E-state index in [-0.39, 0.29) is 5.38 Å². The third-order valence-corrected chi connectivity index (χ3v) is 4.39. The summed E-state index contributed by atoms with van der Waals surface area (Å²) in [5.74, 6) is 0. The molecular formula is C19H23Cl. The van der Waals surface area contributed by atoms with Crippen molar-refractivity contribution in [1.82, 2.24) is 0 Å². The van der Waals surface area contributed by atoms with Crippen molar-refractivity contribution < 1.29 is 0 Å². The molecule has 1 unspecified atom stereocenters. The van der Waals surface area contributed by atoms with Gasteiger partial charge in [0.2, 0.25) is 0 Å². The van der Waals surface area contributed by atoms with Gasteiger partial charge in [-0.1, -0.05) is 42.5 Å². The molecule has 0 aliphatic heterocycles. The van der Waals surface area contributed by atoms with Crippen LogP contribution in [0.3, 0.4) is 0 Å². The Morgan fingerprint density at radius 3 is 2.35 bits per heavy atom. The summed E-state index contributed by atoms with van der Waals surface area (Å²) in [6.07, 6.45) is 3.04. The molecule has 0 spiro atoms. The molecule has 20 heavy (non-hydrogen) atoms. The molecule has 0 bridgehead atoms. The fraction of sp³-hybridized carbons (Fsp3) is 0.368. The number of hydrogen-bond acceptors (Lipinski definition) is 0. The maximum atomic E-state index is 6.51. The second kappa shape index (κ2) is 6.95. The first-order valence-corrected chi connectivity index (χ1v) is 7.74. The van der Waals surface area contributed by atoms with Crippen LogP contribution in [0.2, 0.25) is 0 Å². The fourth-order valence-electron chi connectivity index (χ4n) is 2.49. The zero-order chi connectivity index (χ0) is 14.5. The highest BCUT2D eigenvalue weighted by Gasteiger charge is 2.08. The Kier molecular flexibility index (Phi) is 5.25. The van der Waals surface area contributed by atoms with Crippen LogP contribution in [0.25, 0.3) is 0 Å². The first-order chi connectivity index (χ1) is 9.56. The van der Waals surface area contributed by atoms with Gasteiger partial charge in [-0.25, -0.2) is 0 Å². The second-order valence-electron chi connectivity index (χ2n) is 5.69. The Balaban J connectivity index is 1.91. The maximum Gasteiger partial charge on any atom is 0.0379 e.